The number of hydrogen-bond acceptors (Lipinski definition) is 5. The molecule has 34 heavy (non-hydrogen) atoms. The van der Waals surface area contributed by atoms with Crippen LogP contribution in [0.15, 0.2) is 55.4 Å². The van der Waals surface area contributed by atoms with E-state index >= 15 is 0 Å². The average molecular weight is 493 g/mol. The highest BCUT2D eigenvalue weighted by Gasteiger charge is 2.17. The van der Waals surface area contributed by atoms with Crippen molar-refractivity contribution in [3.05, 3.63) is 94.8 Å². The molecule has 0 aliphatic heterocycles. The maximum Gasteiger partial charge on any atom is 0.154 e. The van der Waals surface area contributed by atoms with Gasteiger partial charge in [0, 0.05) is 29.6 Å². The predicted octanol–water partition coefficient (Wildman–Crippen LogP) is 5.02. The van der Waals surface area contributed by atoms with Crippen molar-refractivity contribution >= 4 is 23.0 Å². The van der Waals surface area contributed by atoms with Crippen molar-refractivity contribution in [2.45, 2.75) is 26.6 Å². The van der Waals surface area contributed by atoms with Gasteiger partial charge in [-0.15, -0.1) is 0 Å². The molecule has 0 atom stereocenters. The molecule has 0 radical (unpaired) electrons. The molecular weight excluding hydrogens is 469 g/mol. The largest absolute Gasteiger partial charge is 0.391 e. The van der Waals surface area contributed by atoms with Gasteiger partial charge in [0.25, 0.3) is 0 Å². The van der Waals surface area contributed by atoms with Crippen molar-refractivity contribution in [2.24, 2.45) is 0 Å². The first-order valence-electron chi connectivity index (χ1n) is 10.4. The second-order valence-corrected chi connectivity index (χ2v) is 7.63. The number of benzene rings is 2. The van der Waals surface area contributed by atoms with E-state index in [1.807, 2.05) is 6.92 Å². The molecular formula is C23H24ClF3N6O. The summed E-state index contributed by atoms with van der Waals surface area (Å²) < 4.78 is 40.4. The maximum absolute atomic E-state index is 14.1. The molecule has 0 fully saturated rings. The molecule has 0 amide bonds. The number of hydrogen-bond donors (Lipinski definition) is 4. The Labute approximate surface area is 199 Å². The Balaban J connectivity index is 0.000000196. The zero-order valence-electron chi connectivity index (χ0n) is 18.3. The number of aromatic nitrogens is 4. The van der Waals surface area contributed by atoms with Gasteiger partial charge in [-0.05, 0) is 37.3 Å². The van der Waals surface area contributed by atoms with E-state index in [0.717, 1.165) is 11.4 Å². The molecule has 2 heterocycles. The lowest BCUT2D eigenvalue weighted by Crippen LogP contribution is -2.24. The molecule has 180 valence electrons. The minimum absolute atomic E-state index is 0.266. The molecule has 7 nitrogen and oxygen atoms in total. The van der Waals surface area contributed by atoms with Gasteiger partial charge in [0.1, 0.15) is 11.6 Å². The molecule has 0 saturated carbocycles. The summed E-state index contributed by atoms with van der Waals surface area (Å²) in [6.07, 6.45) is 6.49. The molecule has 4 N–H and O–H groups in total. The van der Waals surface area contributed by atoms with E-state index in [-0.39, 0.29) is 17.1 Å². The van der Waals surface area contributed by atoms with Crippen molar-refractivity contribution in [3.63, 3.8) is 0 Å². The van der Waals surface area contributed by atoms with Crippen LogP contribution in [0.25, 0.3) is 0 Å². The first-order valence-corrected chi connectivity index (χ1v) is 10.8. The van der Waals surface area contributed by atoms with Crippen molar-refractivity contribution < 1.29 is 18.3 Å². The molecule has 2 aromatic heterocycles. The Morgan fingerprint density at radius 2 is 1.74 bits per heavy atom. The van der Waals surface area contributed by atoms with E-state index in [4.69, 9.17) is 16.7 Å². The standard InChI is InChI=1S/C13H15F2N3O.C10H9ClFN3/c1-2-18(6-9-5-16-8-17-9)12-4-3-11(14)10(7-19)13(12)15;11-7-1-8(12)3-9(2-7)14-5-10-4-13-6-15-10/h3-5,8,19H,2,6-7H2,1H3,(H,16,17);1-4,6,14H,5H2,(H,13,15). The number of halogens is 4. The molecule has 0 bridgehead atoms. The number of aliphatic hydroxyl groups excluding tert-OH is 1. The fourth-order valence-electron chi connectivity index (χ4n) is 3.15. The highest BCUT2D eigenvalue weighted by atomic mass is 35.5. The van der Waals surface area contributed by atoms with E-state index in [1.165, 1.54) is 24.3 Å². The van der Waals surface area contributed by atoms with Crippen LogP contribution in [0.5, 0.6) is 0 Å². The number of imidazole rings is 2. The van der Waals surface area contributed by atoms with E-state index in [2.05, 4.69) is 25.3 Å². The summed E-state index contributed by atoms with van der Waals surface area (Å²) in [5, 5.41) is 12.4. The predicted molar refractivity (Wildman–Crippen MR) is 125 cm³/mol. The molecule has 0 spiro atoms. The van der Waals surface area contributed by atoms with Crippen LogP contribution in [0.4, 0.5) is 24.5 Å². The number of anilines is 2. The Bertz CT molecular complexity index is 1150. The molecule has 0 unspecified atom stereocenters. The van der Waals surface area contributed by atoms with Crippen molar-refractivity contribution in [1.29, 1.82) is 0 Å². The molecule has 0 saturated heterocycles. The second kappa shape index (κ2) is 12.1. The average Bonchev–Trinajstić information content (AvgIpc) is 3.51. The smallest absolute Gasteiger partial charge is 0.154 e. The van der Waals surface area contributed by atoms with E-state index in [1.54, 1.807) is 36.0 Å². The zero-order valence-corrected chi connectivity index (χ0v) is 19.1. The van der Waals surface area contributed by atoms with Gasteiger partial charge in [0.2, 0.25) is 0 Å². The van der Waals surface area contributed by atoms with Gasteiger partial charge in [-0.2, -0.15) is 0 Å². The van der Waals surface area contributed by atoms with Gasteiger partial charge < -0.3 is 25.3 Å². The third-order valence-electron chi connectivity index (χ3n) is 4.86. The monoisotopic (exact) mass is 492 g/mol. The van der Waals surface area contributed by atoms with Gasteiger partial charge in [-0.1, -0.05) is 11.6 Å². The van der Waals surface area contributed by atoms with Gasteiger partial charge in [-0.3, -0.25) is 0 Å². The number of aromatic amines is 2. The van der Waals surface area contributed by atoms with Crippen molar-refractivity contribution in [1.82, 2.24) is 19.9 Å². The quantitative estimate of drug-likeness (QED) is 0.277. The Kier molecular flexibility index (Phi) is 8.94. The van der Waals surface area contributed by atoms with Crippen LogP contribution in [-0.4, -0.2) is 31.6 Å². The van der Waals surface area contributed by atoms with Crippen LogP contribution in [0.2, 0.25) is 5.02 Å². The normalized spacial score (nSPS) is 10.5. The summed E-state index contributed by atoms with van der Waals surface area (Å²) in [5.74, 6) is -1.81. The fraction of sp³-hybridized carbons (Fsp3) is 0.217. The van der Waals surface area contributed by atoms with Crippen LogP contribution in [0.3, 0.4) is 0 Å². The number of rotatable bonds is 8. The lowest BCUT2D eigenvalue weighted by Gasteiger charge is -2.23. The summed E-state index contributed by atoms with van der Waals surface area (Å²) >= 11 is 5.71. The van der Waals surface area contributed by atoms with Crippen LogP contribution in [0.1, 0.15) is 23.9 Å². The Hall–Kier alpha value is -3.50. The summed E-state index contributed by atoms with van der Waals surface area (Å²) in [5.41, 5.74) is 2.37. The molecule has 2 aromatic carbocycles. The van der Waals surface area contributed by atoms with Crippen LogP contribution in [0, 0.1) is 17.5 Å². The van der Waals surface area contributed by atoms with Crippen LogP contribution < -0.4 is 10.2 Å². The highest BCUT2D eigenvalue weighted by molar-refractivity contribution is 6.30. The lowest BCUT2D eigenvalue weighted by atomic mass is 10.1. The van der Waals surface area contributed by atoms with Crippen molar-refractivity contribution in [2.75, 3.05) is 16.8 Å². The number of aliphatic hydroxyl groups is 1. The number of nitrogens with one attached hydrogen (secondary N) is 3. The minimum atomic E-state index is -0.735. The van der Waals surface area contributed by atoms with Crippen LogP contribution >= 0.6 is 11.6 Å². The fourth-order valence-corrected chi connectivity index (χ4v) is 3.37. The third-order valence-corrected chi connectivity index (χ3v) is 5.08. The SMILES string of the molecule is CCN(Cc1cnc[nH]1)c1ccc(F)c(CO)c1F.Fc1cc(Cl)cc(NCc2cnc[nH]2)c1. The lowest BCUT2D eigenvalue weighted by molar-refractivity contribution is 0.269. The van der Waals surface area contributed by atoms with Crippen LogP contribution in [-0.2, 0) is 19.7 Å². The maximum atomic E-state index is 14.1. The summed E-state index contributed by atoms with van der Waals surface area (Å²) in [6.45, 7) is 2.75. The number of H-pyrrole nitrogens is 2. The van der Waals surface area contributed by atoms with E-state index < -0.39 is 18.2 Å². The second-order valence-electron chi connectivity index (χ2n) is 7.20. The van der Waals surface area contributed by atoms with E-state index in [9.17, 15) is 13.2 Å². The molecule has 0 aliphatic carbocycles. The summed E-state index contributed by atoms with van der Waals surface area (Å²) in [6, 6.07) is 6.87. The highest BCUT2D eigenvalue weighted by Crippen LogP contribution is 2.26. The Morgan fingerprint density at radius 3 is 2.32 bits per heavy atom. The minimum Gasteiger partial charge on any atom is -0.391 e. The summed E-state index contributed by atoms with van der Waals surface area (Å²) in [7, 11) is 0. The van der Waals surface area contributed by atoms with Crippen molar-refractivity contribution in [3.8, 4) is 0 Å². The van der Waals surface area contributed by atoms with E-state index in [0.29, 0.717) is 30.3 Å². The van der Waals surface area contributed by atoms with Gasteiger partial charge >= 0.3 is 0 Å². The first-order chi connectivity index (χ1) is 16.4. The first kappa shape index (κ1) is 25.1. The third kappa shape index (κ3) is 6.75. The van der Waals surface area contributed by atoms with Gasteiger partial charge in [0.15, 0.2) is 5.82 Å². The summed E-state index contributed by atoms with van der Waals surface area (Å²) in [4.78, 5) is 15.4. The molecule has 4 aromatic rings. The molecule has 11 heteroatoms. The topological polar surface area (TPSA) is 92.9 Å². The van der Waals surface area contributed by atoms with Gasteiger partial charge in [0.05, 0.1) is 55.0 Å². The zero-order chi connectivity index (χ0) is 24.5. The van der Waals surface area contributed by atoms with Gasteiger partial charge in [-0.25, -0.2) is 23.1 Å². The molecule has 0 aliphatic rings. The number of nitrogens with zero attached hydrogens (tertiary/aromatic N) is 3. The Morgan fingerprint density at radius 1 is 1.03 bits per heavy atom. The molecule has 4 rings (SSSR count).